The van der Waals surface area contributed by atoms with Gasteiger partial charge in [-0.1, -0.05) is 48.5 Å². The van der Waals surface area contributed by atoms with Crippen LogP contribution < -0.4 is 15.0 Å². The van der Waals surface area contributed by atoms with E-state index >= 15 is 0 Å². The van der Waals surface area contributed by atoms with Gasteiger partial charge in [0.15, 0.2) is 17.3 Å². The van der Waals surface area contributed by atoms with Crippen molar-refractivity contribution in [2.75, 3.05) is 7.11 Å². The Morgan fingerprint density at radius 2 is 1.85 bits per heavy atom. The fourth-order valence-corrected chi connectivity index (χ4v) is 4.11. The molecule has 0 atom stereocenters. The van der Waals surface area contributed by atoms with Crippen LogP contribution in [-0.4, -0.2) is 32.9 Å². The number of ether oxygens (including phenoxy) is 2. The highest BCUT2D eigenvalue weighted by atomic mass is 16.6. The Hall–Kier alpha value is -5.64. The van der Waals surface area contributed by atoms with Crippen LogP contribution in [0.4, 0.5) is 5.69 Å². The molecule has 3 aromatic carbocycles. The van der Waals surface area contributed by atoms with Crippen LogP contribution in [0.5, 0.6) is 17.4 Å². The minimum absolute atomic E-state index is 0.148. The van der Waals surface area contributed by atoms with Crippen molar-refractivity contribution in [3.8, 4) is 28.8 Å². The Balaban J connectivity index is 1.58. The summed E-state index contributed by atoms with van der Waals surface area (Å²) >= 11 is 0. The molecule has 0 aliphatic heterocycles. The highest BCUT2D eigenvalue weighted by molar-refractivity contribution is 5.83. The van der Waals surface area contributed by atoms with E-state index in [4.69, 9.17) is 14.5 Å². The number of nitro groups is 1. The zero-order valence-electron chi connectivity index (χ0n) is 21.4. The lowest BCUT2D eigenvalue weighted by molar-refractivity contribution is -0.385. The average Bonchev–Trinajstić information content (AvgIpc) is 2.98. The van der Waals surface area contributed by atoms with Gasteiger partial charge in [-0.3, -0.25) is 14.9 Å². The van der Waals surface area contributed by atoms with Crippen LogP contribution in [0, 0.1) is 10.1 Å². The molecular weight excluding hydrogens is 510 g/mol. The van der Waals surface area contributed by atoms with Gasteiger partial charge in [-0.2, -0.15) is 9.78 Å². The van der Waals surface area contributed by atoms with Crippen molar-refractivity contribution in [1.29, 1.82) is 0 Å². The Morgan fingerprint density at radius 3 is 2.55 bits per heavy atom. The summed E-state index contributed by atoms with van der Waals surface area (Å²) in [6.45, 7) is 3.83. The van der Waals surface area contributed by atoms with E-state index in [1.807, 2.05) is 42.5 Å². The lowest BCUT2D eigenvalue weighted by Gasteiger charge is -2.15. The first kappa shape index (κ1) is 26.0. The van der Waals surface area contributed by atoms with Crippen molar-refractivity contribution in [3.05, 3.63) is 129 Å². The van der Waals surface area contributed by atoms with E-state index in [0.29, 0.717) is 45.8 Å². The normalized spacial score (nSPS) is 11.0. The molecule has 40 heavy (non-hydrogen) atoms. The van der Waals surface area contributed by atoms with E-state index in [1.54, 1.807) is 36.6 Å². The molecule has 0 aliphatic carbocycles. The monoisotopic (exact) mass is 533 g/mol. The van der Waals surface area contributed by atoms with Crippen LogP contribution in [0.25, 0.3) is 22.3 Å². The molecule has 0 saturated carbocycles. The molecule has 5 rings (SSSR count). The smallest absolute Gasteiger partial charge is 0.287 e. The van der Waals surface area contributed by atoms with Crippen molar-refractivity contribution >= 4 is 22.8 Å². The third-order valence-corrected chi connectivity index (χ3v) is 5.98. The zero-order chi connectivity index (χ0) is 28.1. The van der Waals surface area contributed by atoms with Crippen molar-refractivity contribution in [2.45, 2.75) is 6.42 Å². The third-order valence-electron chi connectivity index (χ3n) is 5.98. The van der Waals surface area contributed by atoms with Crippen molar-refractivity contribution in [2.24, 2.45) is 5.10 Å². The maximum atomic E-state index is 13.5. The number of benzene rings is 3. The first-order chi connectivity index (χ1) is 19.5. The fraction of sp³-hybridized carbons (Fsp3) is 0.0667. The second-order valence-corrected chi connectivity index (χ2v) is 8.60. The number of hydrogen-bond acceptors (Lipinski definition) is 8. The third kappa shape index (κ3) is 5.32. The Labute approximate surface area is 228 Å². The van der Waals surface area contributed by atoms with E-state index in [9.17, 15) is 14.9 Å². The van der Waals surface area contributed by atoms with Crippen LogP contribution in [0.3, 0.4) is 0 Å². The summed E-state index contributed by atoms with van der Waals surface area (Å²) in [5.74, 6) is 1.34. The minimum atomic E-state index is -0.534. The Kier molecular flexibility index (Phi) is 7.41. The van der Waals surface area contributed by atoms with Crippen LogP contribution in [0.1, 0.15) is 11.1 Å². The highest BCUT2D eigenvalue weighted by Crippen LogP contribution is 2.36. The molecule has 0 bridgehead atoms. The summed E-state index contributed by atoms with van der Waals surface area (Å²) in [5, 5.41) is 15.9. The lowest BCUT2D eigenvalue weighted by Crippen LogP contribution is -2.20. The van der Waals surface area contributed by atoms with Gasteiger partial charge in [0.05, 0.1) is 29.2 Å². The predicted octanol–water partition coefficient (Wildman–Crippen LogP) is 5.78. The number of methoxy groups -OCH3 is 1. The quantitative estimate of drug-likeness (QED) is 0.102. The largest absolute Gasteiger partial charge is 0.493 e. The summed E-state index contributed by atoms with van der Waals surface area (Å²) < 4.78 is 12.8. The molecular formula is C30H23N5O5. The molecule has 0 fully saturated rings. The maximum absolute atomic E-state index is 13.5. The van der Waals surface area contributed by atoms with Crippen molar-refractivity contribution in [3.63, 3.8) is 0 Å². The van der Waals surface area contributed by atoms with Gasteiger partial charge in [0.1, 0.15) is 6.20 Å². The Bertz CT molecular complexity index is 1800. The molecule has 0 spiro atoms. The second-order valence-electron chi connectivity index (χ2n) is 8.60. The van der Waals surface area contributed by atoms with Crippen LogP contribution in [-0.2, 0) is 6.42 Å². The molecule has 0 N–H and O–H groups in total. The van der Waals surface area contributed by atoms with E-state index in [0.717, 1.165) is 11.8 Å². The zero-order valence-corrected chi connectivity index (χ0v) is 21.4. The molecule has 198 valence electrons. The second kappa shape index (κ2) is 11.4. The number of aromatic nitrogens is 3. The van der Waals surface area contributed by atoms with Gasteiger partial charge in [-0.25, -0.2) is 9.97 Å². The molecule has 2 aromatic heterocycles. The van der Waals surface area contributed by atoms with Gasteiger partial charge >= 0.3 is 0 Å². The molecule has 0 unspecified atom stereocenters. The molecule has 10 heteroatoms. The topological polar surface area (TPSA) is 122 Å². The SMILES string of the molecule is C=CCc1cc(C=Nn2c(-c3ccccc3)nc3ccccc3c2=O)cc(OC)c1Oc1ccc([N+](=O)[O-])cn1. The summed E-state index contributed by atoms with van der Waals surface area (Å²) in [6, 6.07) is 22.7. The standard InChI is InChI=1S/C30H23N5O5/c1-3-9-22-16-20(17-26(39-2)28(22)40-27-15-14-23(19-31-27)35(37)38)18-32-34-29(21-10-5-4-6-11-21)33-25-13-8-7-12-24(25)30(34)36/h3-8,10-19H,1,9H2,2H3. The fourth-order valence-electron chi connectivity index (χ4n) is 4.11. The number of para-hydroxylation sites is 1. The first-order valence-electron chi connectivity index (χ1n) is 12.2. The average molecular weight is 534 g/mol. The minimum Gasteiger partial charge on any atom is -0.493 e. The van der Waals surface area contributed by atoms with E-state index < -0.39 is 4.92 Å². The Morgan fingerprint density at radius 1 is 1.07 bits per heavy atom. The number of allylic oxidation sites excluding steroid dienone is 1. The summed E-state index contributed by atoms with van der Waals surface area (Å²) in [4.78, 5) is 32.6. The molecule has 0 amide bonds. The van der Waals surface area contributed by atoms with Crippen molar-refractivity contribution < 1.29 is 14.4 Å². The molecule has 10 nitrogen and oxygen atoms in total. The predicted molar refractivity (Wildman–Crippen MR) is 152 cm³/mol. The summed E-state index contributed by atoms with van der Waals surface area (Å²) in [7, 11) is 1.50. The number of hydrogen-bond donors (Lipinski definition) is 0. The lowest BCUT2D eigenvalue weighted by atomic mass is 10.1. The summed E-state index contributed by atoms with van der Waals surface area (Å²) in [5.41, 5.74) is 2.22. The number of rotatable bonds is 9. The van der Waals surface area contributed by atoms with E-state index in [2.05, 4.69) is 16.7 Å². The molecule has 2 heterocycles. The summed E-state index contributed by atoms with van der Waals surface area (Å²) in [6.07, 6.45) is 4.80. The molecule has 0 saturated heterocycles. The van der Waals surface area contributed by atoms with Crippen LogP contribution in [0.15, 0.2) is 108 Å². The highest BCUT2D eigenvalue weighted by Gasteiger charge is 2.16. The van der Waals surface area contributed by atoms with Gasteiger partial charge in [0, 0.05) is 23.3 Å². The van der Waals surface area contributed by atoms with Crippen LogP contribution >= 0.6 is 0 Å². The molecule has 0 aliphatic rings. The maximum Gasteiger partial charge on any atom is 0.287 e. The van der Waals surface area contributed by atoms with E-state index in [1.165, 1.54) is 23.9 Å². The first-order valence-corrected chi connectivity index (χ1v) is 12.2. The number of fused-ring (bicyclic) bond motifs is 1. The van der Waals surface area contributed by atoms with Gasteiger partial charge in [0.25, 0.3) is 11.2 Å². The van der Waals surface area contributed by atoms with Gasteiger partial charge in [-0.15, -0.1) is 6.58 Å². The number of pyridine rings is 1. The van der Waals surface area contributed by atoms with Gasteiger partial charge < -0.3 is 9.47 Å². The van der Waals surface area contributed by atoms with Gasteiger partial charge in [-0.05, 0) is 36.2 Å². The van der Waals surface area contributed by atoms with Gasteiger partial charge in [0.2, 0.25) is 5.88 Å². The number of nitrogens with zero attached hydrogens (tertiary/aromatic N) is 5. The molecule has 0 radical (unpaired) electrons. The van der Waals surface area contributed by atoms with Crippen molar-refractivity contribution in [1.82, 2.24) is 14.6 Å². The molecule has 5 aromatic rings. The van der Waals surface area contributed by atoms with Crippen LogP contribution in [0.2, 0.25) is 0 Å². The van der Waals surface area contributed by atoms with E-state index in [-0.39, 0.29) is 17.1 Å².